The summed E-state index contributed by atoms with van der Waals surface area (Å²) in [6, 6.07) is 0.668. The molecule has 30 heavy (non-hydrogen) atoms. The van der Waals surface area contributed by atoms with Gasteiger partial charge in [0.2, 0.25) is 5.91 Å². The van der Waals surface area contributed by atoms with E-state index in [1.807, 2.05) is 0 Å². The highest BCUT2D eigenvalue weighted by Gasteiger charge is 2.49. The first-order valence-electron chi connectivity index (χ1n) is 13.5. The Morgan fingerprint density at radius 2 is 1.40 bits per heavy atom. The highest BCUT2D eigenvalue weighted by atomic mass is 16.2. The lowest BCUT2D eigenvalue weighted by atomic mass is 9.83. The molecule has 0 aromatic carbocycles. The molecule has 2 aliphatic rings. The van der Waals surface area contributed by atoms with Crippen LogP contribution in [-0.2, 0) is 4.79 Å². The van der Waals surface area contributed by atoms with Crippen molar-refractivity contribution >= 4 is 5.91 Å². The third kappa shape index (κ3) is 8.89. The van der Waals surface area contributed by atoms with Gasteiger partial charge in [-0.25, -0.2) is 0 Å². The Labute approximate surface area is 188 Å². The van der Waals surface area contributed by atoms with Crippen molar-refractivity contribution < 1.29 is 4.79 Å². The van der Waals surface area contributed by atoms with Crippen LogP contribution in [0.2, 0.25) is 0 Å². The smallest absolute Gasteiger partial charge is 0.226 e. The third-order valence-electron chi connectivity index (χ3n) is 8.09. The Balaban J connectivity index is 1.45. The van der Waals surface area contributed by atoms with Crippen LogP contribution >= 0.6 is 0 Å². The SMILES string of the molecule is CCCCCCCCCCCCCC(CCCNC(=O)C12CCC(CC1)C2)N(C)C. The molecule has 1 amide bonds. The molecule has 3 nitrogen and oxygen atoms in total. The highest BCUT2D eigenvalue weighted by Crippen LogP contribution is 2.54. The number of hydrogen-bond donors (Lipinski definition) is 1. The molecule has 2 bridgehead atoms. The number of nitrogens with zero attached hydrogens (tertiary/aromatic N) is 1. The third-order valence-corrected chi connectivity index (χ3v) is 8.09. The highest BCUT2D eigenvalue weighted by molar-refractivity contribution is 5.83. The molecule has 1 N–H and O–H groups in total. The second kappa shape index (κ2) is 14.5. The lowest BCUT2D eigenvalue weighted by Crippen LogP contribution is -2.39. The summed E-state index contributed by atoms with van der Waals surface area (Å²) in [6.07, 6.45) is 25.2. The summed E-state index contributed by atoms with van der Waals surface area (Å²) in [4.78, 5) is 15.1. The van der Waals surface area contributed by atoms with Crippen molar-refractivity contribution in [3.8, 4) is 0 Å². The number of amides is 1. The molecule has 2 fully saturated rings. The minimum absolute atomic E-state index is 0.0289. The topological polar surface area (TPSA) is 32.3 Å². The summed E-state index contributed by atoms with van der Waals surface area (Å²) in [5.74, 6) is 1.22. The van der Waals surface area contributed by atoms with Gasteiger partial charge in [0.1, 0.15) is 0 Å². The van der Waals surface area contributed by atoms with Gasteiger partial charge in [-0.15, -0.1) is 0 Å². The van der Waals surface area contributed by atoms with Gasteiger partial charge in [-0.3, -0.25) is 4.79 Å². The Morgan fingerprint density at radius 3 is 1.90 bits per heavy atom. The Kier molecular flexibility index (Phi) is 12.4. The van der Waals surface area contributed by atoms with Gasteiger partial charge < -0.3 is 10.2 Å². The molecule has 176 valence electrons. The van der Waals surface area contributed by atoms with Crippen molar-refractivity contribution in [2.75, 3.05) is 20.6 Å². The first kappa shape index (κ1) is 25.7. The van der Waals surface area contributed by atoms with Crippen LogP contribution in [0.25, 0.3) is 0 Å². The number of unbranched alkanes of at least 4 members (excludes halogenated alkanes) is 10. The van der Waals surface area contributed by atoms with Crippen LogP contribution in [0.15, 0.2) is 0 Å². The van der Waals surface area contributed by atoms with Gasteiger partial charge in [0.25, 0.3) is 0 Å². The lowest BCUT2D eigenvalue weighted by molar-refractivity contribution is -0.130. The zero-order chi connectivity index (χ0) is 21.7. The first-order chi connectivity index (χ1) is 14.6. The van der Waals surface area contributed by atoms with Crippen LogP contribution < -0.4 is 5.32 Å². The molecule has 0 saturated heterocycles. The molecular weight excluding hydrogens is 368 g/mol. The molecule has 0 aromatic rings. The standard InChI is InChI=1S/C27H52N2O/c1-4-5-6-7-8-9-10-11-12-13-14-16-25(29(2)3)17-15-22-28-26(30)27-20-18-24(23-27)19-21-27/h24-25H,4-23H2,1-3H3,(H,28,30). The molecule has 0 radical (unpaired) electrons. The van der Waals surface area contributed by atoms with Gasteiger partial charge in [-0.1, -0.05) is 77.6 Å². The van der Waals surface area contributed by atoms with E-state index in [0.717, 1.165) is 38.1 Å². The van der Waals surface area contributed by atoms with Crippen LogP contribution in [0, 0.1) is 11.3 Å². The Morgan fingerprint density at radius 1 is 0.867 bits per heavy atom. The molecule has 1 unspecified atom stereocenters. The minimum atomic E-state index is 0.0289. The van der Waals surface area contributed by atoms with Crippen LogP contribution in [0.1, 0.15) is 129 Å². The van der Waals surface area contributed by atoms with E-state index in [4.69, 9.17) is 0 Å². The van der Waals surface area contributed by atoms with Gasteiger partial charge in [-0.2, -0.15) is 0 Å². The summed E-state index contributed by atoms with van der Waals surface area (Å²) in [6.45, 7) is 3.16. The van der Waals surface area contributed by atoms with Crippen molar-refractivity contribution in [2.45, 2.75) is 135 Å². The van der Waals surface area contributed by atoms with E-state index in [1.54, 1.807) is 0 Å². The van der Waals surface area contributed by atoms with E-state index in [1.165, 1.54) is 96.3 Å². The lowest BCUT2D eigenvalue weighted by Gasteiger charge is -2.26. The van der Waals surface area contributed by atoms with E-state index in [-0.39, 0.29) is 5.41 Å². The van der Waals surface area contributed by atoms with Crippen molar-refractivity contribution in [3.63, 3.8) is 0 Å². The summed E-state index contributed by atoms with van der Waals surface area (Å²) >= 11 is 0. The van der Waals surface area contributed by atoms with E-state index in [9.17, 15) is 4.79 Å². The van der Waals surface area contributed by atoms with E-state index >= 15 is 0 Å². The minimum Gasteiger partial charge on any atom is -0.356 e. The van der Waals surface area contributed by atoms with Gasteiger partial charge in [0.05, 0.1) is 0 Å². The van der Waals surface area contributed by atoms with Crippen LogP contribution in [0.5, 0.6) is 0 Å². The van der Waals surface area contributed by atoms with Crippen LogP contribution in [0.4, 0.5) is 0 Å². The maximum atomic E-state index is 12.7. The fraction of sp³-hybridized carbons (Fsp3) is 0.963. The maximum absolute atomic E-state index is 12.7. The zero-order valence-electron chi connectivity index (χ0n) is 20.7. The fourth-order valence-electron chi connectivity index (χ4n) is 5.94. The number of hydrogen-bond acceptors (Lipinski definition) is 2. The second-order valence-electron chi connectivity index (χ2n) is 10.8. The number of fused-ring (bicyclic) bond motifs is 2. The molecule has 2 saturated carbocycles. The quantitative estimate of drug-likeness (QED) is 0.240. The predicted octanol–water partition coefficient (Wildman–Crippen LogP) is 7.09. The van der Waals surface area contributed by atoms with E-state index in [0.29, 0.717) is 11.9 Å². The van der Waals surface area contributed by atoms with Crippen LogP contribution in [0.3, 0.4) is 0 Å². The van der Waals surface area contributed by atoms with E-state index in [2.05, 4.69) is 31.2 Å². The number of rotatable bonds is 18. The molecule has 3 heteroatoms. The van der Waals surface area contributed by atoms with Crippen molar-refractivity contribution in [2.24, 2.45) is 11.3 Å². The molecule has 1 atom stereocenters. The normalized spacial score (nSPS) is 23.9. The van der Waals surface area contributed by atoms with Gasteiger partial charge in [-0.05, 0) is 71.4 Å². The second-order valence-corrected chi connectivity index (χ2v) is 10.8. The fourth-order valence-corrected chi connectivity index (χ4v) is 5.94. The van der Waals surface area contributed by atoms with Crippen molar-refractivity contribution in [1.29, 1.82) is 0 Å². The summed E-state index contributed by atoms with van der Waals surface area (Å²) in [7, 11) is 4.44. The molecule has 0 heterocycles. The maximum Gasteiger partial charge on any atom is 0.226 e. The van der Waals surface area contributed by atoms with Crippen molar-refractivity contribution in [3.05, 3.63) is 0 Å². The average Bonchev–Trinajstić information content (AvgIpc) is 3.35. The zero-order valence-corrected chi connectivity index (χ0v) is 20.7. The largest absolute Gasteiger partial charge is 0.356 e. The van der Waals surface area contributed by atoms with Crippen LogP contribution in [-0.4, -0.2) is 37.5 Å². The van der Waals surface area contributed by atoms with Crippen molar-refractivity contribution in [1.82, 2.24) is 10.2 Å². The molecule has 0 aromatic heterocycles. The average molecular weight is 421 g/mol. The molecule has 0 aliphatic heterocycles. The van der Waals surface area contributed by atoms with Gasteiger partial charge in [0, 0.05) is 18.0 Å². The Bertz CT molecular complexity index is 454. The summed E-state index contributed by atoms with van der Waals surface area (Å²) in [5.41, 5.74) is 0.0289. The summed E-state index contributed by atoms with van der Waals surface area (Å²) < 4.78 is 0. The summed E-state index contributed by atoms with van der Waals surface area (Å²) in [5, 5.41) is 3.29. The number of carbonyl (C=O) groups excluding carboxylic acids is 1. The molecule has 0 spiro atoms. The predicted molar refractivity (Wildman–Crippen MR) is 130 cm³/mol. The number of carbonyl (C=O) groups is 1. The molecular formula is C27H52N2O. The van der Waals surface area contributed by atoms with Gasteiger partial charge in [0.15, 0.2) is 0 Å². The van der Waals surface area contributed by atoms with Gasteiger partial charge >= 0.3 is 0 Å². The Hall–Kier alpha value is -0.570. The molecule has 2 aliphatic carbocycles. The monoisotopic (exact) mass is 420 g/mol. The molecule has 2 rings (SSSR count). The first-order valence-corrected chi connectivity index (χ1v) is 13.5. The van der Waals surface area contributed by atoms with E-state index < -0.39 is 0 Å². The number of nitrogens with one attached hydrogen (secondary N) is 1.